The van der Waals surface area contributed by atoms with Crippen molar-refractivity contribution in [1.82, 2.24) is 0 Å². The first-order chi connectivity index (χ1) is 7.20. The molecule has 5 heteroatoms. The molecule has 15 heavy (non-hydrogen) atoms. The SMILES string of the molecule is NCC1CC(c2ccc(F)cc2Cl)=NO1. The maximum absolute atomic E-state index is 12.8. The van der Waals surface area contributed by atoms with Gasteiger partial charge < -0.3 is 10.6 Å². The standard InChI is InChI=1S/C10H10ClFN2O/c11-9-3-6(12)1-2-8(9)10-4-7(5-13)15-14-10/h1-3,7H,4-5,13H2. The summed E-state index contributed by atoms with van der Waals surface area (Å²) in [7, 11) is 0. The van der Waals surface area contributed by atoms with Crippen LogP contribution in [0.15, 0.2) is 23.4 Å². The monoisotopic (exact) mass is 228 g/mol. The van der Waals surface area contributed by atoms with Crippen molar-refractivity contribution in [3.63, 3.8) is 0 Å². The van der Waals surface area contributed by atoms with Gasteiger partial charge in [-0.1, -0.05) is 16.8 Å². The van der Waals surface area contributed by atoms with Gasteiger partial charge in [-0.2, -0.15) is 0 Å². The minimum atomic E-state index is -0.362. The van der Waals surface area contributed by atoms with Crippen LogP contribution in [-0.2, 0) is 4.84 Å². The van der Waals surface area contributed by atoms with Crippen molar-refractivity contribution in [3.8, 4) is 0 Å². The largest absolute Gasteiger partial charge is 0.390 e. The van der Waals surface area contributed by atoms with Crippen LogP contribution in [0.3, 0.4) is 0 Å². The van der Waals surface area contributed by atoms with E-state index in [0.29, 0.717) is 23.6 Å². The molecule has 0 saturated carbocycles. The third-order valence-electron chi connectivity index (χ3n) is 2.24. The van der Waals surface area contributed by atoms with Crippen LogP contribution in [0, 0.1) is 5.82 Å². The van der Waals surface area contributed by atoms with Gasteiger partial charge in [-0.15, -0.1) is 0 Å². The van der Waals surface area contributed by atoms with Crippen LogP contribution in [0.25, 0.3) is 0 Å². The van der Waals surface area contributed by atoms with E-state index >= 15 is 0 Å². The number of rotatable bonds is 2. The molecule has 1 unspecified atom stereocenters. The Morgan fingerprint density at radius 3 is 3.00 bits per heavy atom. The fourth-order valence-electron chi connectivity index (χ4n) is 1.44. The lowest BCUT2D eigenvalue weighted by Crippen LogP contribution is -2.20. The minimum absolute atomic E-state index is 0.0962. The molecule has 3 nitrogen and oxygen atoms in total. The van der Waals surface area contributed by atoms with Gasteiger partial charge in [0.15, 0.2) is 0 Å². The molecule has 0 amide bonds. The van der Waals surface area contributed by atoms with Crippen molar-refractivity contribution in [2.24, 2.45) is 10.9 Å². The normalized spacial score (nSPS) is 19.9. The zero-order chi connectivity index (χ0) is 10.8. The Labute approximate surface area is 91.7 Å². The van der Waals surface area contributed by atoms with Gasteiger partial charge in [-0.3, -0.25) is 0 Å². The first-order valence-electron chi connectivity index (χ1n) is 4.59. The van der Waals surface area contributed by atoms with Crippen molar-refractivity contribution in [2.45, 2.75) is 12.5 Å². The van der Waals surface area contributed by atoms with Crippen LogP contribution >= 0.6 is 11.6 Å². The van der Waals surface area contributed by atoms with E-state index in [4.69, 9.17) is 22.2 Å². The third kappa shape index (κ3) is 2.11. The molecule has 0 aromatic heterocycles. The summed E-state index contributed by atoms with van der Waals surface area (Å²) in [6.07, 6.45) is 0.517. The molecule has 1 aliphatic heterocycles. The summed E-state index contributed by atoms with van der Waals surface area (Å²) in [6, 6.07) is 4.20. The van der Waals surface area contributed by atoms with E-state index in [1.165, 1.54) is 12.1 Å². The highest BCUT2D eigenvalue weighted by atomic mass is 35.5. The Bertz CT molecular complexity index is 408. The number of benzene rings is 1. The zero-order valence-corrected chi connectivity index (χ0v) is 8.67. The second-order valence-electron chi connectivity index (χ2n) is 3.33. The number of hydrogen-bond acceptors (Lipinski definition) is 3. The Morgan fingerprint density at radius 1 is 1.60 bits per heavy atom. The van der Waals surface area contributed by atoms with E-state index in [1.807, 2.05) is 0 Å². The zero-order valence-electron chi connectivity index (χ0n) is 7.91. The lowest BCUT2D eigenvalue weighted by molar-refractivity contribution is 0.0918. The van der Waals surface area contributed by atoms with Gasteiger partial charge in [0.1, 0.15) is 11.9 Å². The topological polar surface area (TPSA) is 47.6 Å². The number of oxime groups is 1. The first-order valence-corrected chi connectivity index (χ1v) is 4.96. The van der Waals surface area contributed by atoms with Crippen molar-refractivity contribution in [2.75, 3.05) is 6.54 Å². The summed E-state index contributed by atoms with van der Waals surface area (Å²) in [5.41, 5.74) is 6.87. The molecular weight excluding hydrogens is 219 g/mol. The average molecular weight is 229 g/mol. The molecular formula is C10H10ClFN2O. The van der Waals surface area contributed by atoms with Crippen LogP contribution < -0.4 is 5.73 Å². The second kappa shape index (κ2) is 4.16. The Kier molecular flexibility index (Phi) is 2.88. The average Bonchev–Trinajstić information content (AvgIpc) is 2.66. The molecule has 0 fully saturated rings. The highest BCUT2D eigenvalue weighted by Crippen LogP contribution is 2.23. The molecule has 1 atom stereocenters. The van der Waals surface area contributed by atoms with Crippen LogP contribution in [0.4, 0.5) is 4.39 Å². The fourth-order valence-corrected chi connectivity index (χ4v) is 1.71. The van der Waals surface area contributed by atoms with Crippen molar-refractivity contribution in [3.05, 3.63) is 34.6 Å². The molecule has 0 bridgehead atoms. The molecule has 0 spiro atoms. The van der Waals surface area contributed by atoms with E-state index in [1.54, 1.807) is 6.07 Å². The highest BCUT2D eigenvalue weighted by Gasteiger charge is 2.22. The number of halogens is 2. The lowest BCUT2D eigenvalue weighted by atomic mass is 10.1. The molecule has 80 valence electrons. The molecule has 1 aromatic carbocycles. The van der Waals surface area contributed by atoms with Gasteiger partial charge in [0.2, 0.25) is 0 Å². The van der Waals surface area contributed by atoms with Crippen LogP contribution in [0.5, 0.6) is 0 Å². The summed E-state index contributed by atoms with van der Waals surface area (Å²) in [5.74, 6) is -0.362. The van der Waals surface area contributed by atoms with E-state index in [0.717, 1.165) is 5.71 Å². The van der Waals surface area contributed by atoms with Gasteiger partial charge in [0.05, 0.1) is 10.7 Å². The van der Waals surface area contributed by atoms with Gasteiger partial charge in [-0.25, -0.2) is 4.39 Å². The van der Waals surface area contributed by atoms with E-state index in [9.17, 15) is 4.39 Å². The van der Waals surface area contributed by atoms with E-state index < -0.39 is 0 Å². The van der Waals surface area contributed by atoms with Gasteiger partial charge in [0.25, 0.3) is 0 Å². The molecule has 1 heterocycles. The minimum Gasteiger partial charge on any atom is -0.390 e. The van der Waals surface area contributed by atoms with Crippen molar-refractivity contribution < 1.29 is 9.23 Å². The molecule has 1 aliphatic rings. The molecule has 0 radical (unpaired) electrons. The summed E-state index contributed by atoms with van der Waals surface area (Å²) < 4.78 is 12.8. The van der Waals surface area contributed by atoms with Gasteiger partial charge in [-0.05, 0) is 18.2 Å². The lowest BCUT2D eigenvalue weighted by Gasteiger charge is -2.03. The molecule has 1 aromatic rings. The predicted molar refractivity (Wildman–Crippen MR) is 56.5 cm³/mol. The Hall–Kier alpha value is -1.13. The summed E-state index contributed by atoms with van der Waals surface area (Å²) >= 11 is 5.89. The summed E-state index contributed by atoms with van der Waals surface area (Å²) in [6.45, 7) is 0.409. The molecule has 2 rings (SSSR count). The van der Waals surface area contributed by atoms with Gasteiger partial charge in [0, 0.05) is 18.5 Å². The fraction of sp³-hybridized carbons (Fsp3) is 0.300. The third-order valence-corrected chi connectivity index (χ3v) is 2.55. The van der Waals surface area contributed by atoms with Crippen LogP contribution in [0.1, 0.15) is 12.0 Å². The van der Waals surface area contributed by atoms with Crippen molar-refractivity contribution >= 4 is 17.3 Å². The highest BCUT2D eigenvalue weighted by molar-refractivity contribution is 6.34. The van der Waals surface area contributed by atoms with Crippen LogP contribution in [-0.4, -0.2) is 18.4 Å². The quantitative estimate of drug-likeness (QED) is 0.841. The number of nitrogens with zero attached hydrogens (tertiary/aromatic N) is 1. The smallest absolute Gasteiger partial charge is 0.145 e. The maximum atomic E-state index is 12.8. The maximum Gasteiger partial charge on any atom is 0.145 e. The van der Waals surface area contributed by atoms with E-state index in [2.05, 4.69) is 5.16 Å². The molecule has 2 N–H and O–H groups in total. The van der Waals surface area contributed by atoms with E-state index in [-0.39, 0.29) is 11.9 Å². The molecule has 0 saturated heterocycles. The summed E-state index contributed by atoms with van der Waals surface area (Å²) in [5, 5.41) is 4.22. The number of hydrogen-bond donors (Lipinski definition) is 1. The Morgan fingerprint density at radius 2 is 2.40 bits per heavy atom. The Balaban J connectivity index is 2.24. The predicted octanol–water partition coefficient (Wildman–Crippen LogP) is 1.93. The van der Waals surface area contributed by atoms with Crippen molar-refractivity contribution in [1.29, 1.82) is 0 Å². The first kappa shape index (κ1) is 10.4. The second-order valence-corrected chi connectivity index (χ2v) is 3.74. The molecule has 0 aliphatic carbocycles. The van der Waals surface area contributed by atoms with Crippen LogP contribution in [0.2, 0.25) is 5.02 Å². The summed E-state index contributed by atoms with van der Waals surface area (Å²) in [4.78, 5) is 5.06. The number of nitrogens with two attached hydrogens (primary N) is 1. The van der Waals surface area contributed by atoms with Gasteiger partial charge >= 0.3 is 0 Å².